The van der Waals surface area contributed by atoms with Crippen LogP contribution in [0.15, 0.2) is 42.6 Å². The number of para-hydroxylation sites is 1. The largest absolute Gasteiger partial charge is 0.379 e. The summed E-state index contributed by atoms with van der Waals surface area (Å²) in [5, 5.41) is 16.2. The number of rotatable bonds is 11. The van der Waals surface area contributed by atoms with Crippen molar-refractivity contribution in [2.24, 2.45) is 0 Å². The van der Waals surface area contributed by atoms with Crippen molar-refractivity contribution in [1.29, 1.82) is 0 Å². The summed E-state index contributed by atoms with van der Waals surface area (Å²) in [6.07, 6.45) is 4.80. The summed E-state index contributed by atoms with van der Waals surface area (Å²) in [5.74, 6) is 1.67. The molecule has 0 unspecified atom stereocenters. The molecule has 0 aliphatic carbocycles. The molecular weight excluding hydrogens is 470 g/mol. The molecule has 0 bridgehead atoms. The second kappa shape index (κ2) is 12.2. The number of likely N-dealkylation sites (tertiary alicyclic amines) is 1. The van der Waals surface area contributed by atoms with E-state index >= 15 is 0 Å². The summed E-state index contributed by atoms with van der Waals surface area (Å²) in [7, 11) is 0. The lowest BCUT2D eigenvalue weighted by Crippen LogP contribution is -2.41. The number of morpholine rings is 1. The molecule has 0 spiro atoms. The van der Waals surface area contributed by atoms with E-state index in [0.29, 0.717) is 31.0 Å². The minimum Gasteiger partial charge on any atom is -0.379 e. The molecule has 2 aromatic heterocycles. The summed E-state index contributed by atoms with van der Waals surface area (Å²) in [6, 6.07) is 11.9. The van der Waals surface area contributed by atoms with Crippen LogP contribution in [0.3, 0.4) is 0 Å². The lowest BCUT2D eigenvalue weighted by molar-refractivity contribution is -0.127. The zero-order valence-corrected chi connectivity index (χ0v) is 21.2. The van der Waals surface area contributed by atoms with Crippen LogP contribution in [-0.2, 0) is 20.7 Å². The van der Waals surface area contributed by atoms with Crippen molar-refractivity contribution in [3.8, 4) is 5.82 Å². The topological polar surface area (TPSA) is 105 Å². The van der Waals surface area contributed by atoms with Crippen LogP contribution in [0, 0.1) is 0 Å². The molecule has 0 radical (unpaired) electrons. The smallest absolute Gasteiger partial charge is 0.224 e. The van der Waals surface area contributed by atoms with Gasteiger partial charge < -0.3 is 20.3 Å². The zero-order chi connectivity index (χ0) is 25.5. The Hall–Kier alpha value is -3.50. The minimum atomic E-state index is 0.0115. The molecule has 3 aromatic rings. The Morgan fingerprint density at radius 2 is 1.86 bits per heavy atom. The Morgan fingerprint density at radius 1 is 1.00 bits per heavy atom. The standard InChI is InChI=1S/C27H35N7O3/c35-26(29-11-14-32-15-17-37-18-16-32)19-21-20-34(23-6-2-1-5-22(21)23)25-9-8-24(30-31-25)28-10-4-13-33-12-3-7-27(33)36/h1-2,5-6,8-9,20H,3-4,7,10-19H2,(H,28,30)(H,29,35). The Bertz CT molecular complexity index is 1200. The van der Waals surface area contributed by atoms with Crippen LogP contribution in [0.4, 0.5) is 5.82 Å². The van der Waals surface area contributed by atoms with E-state index in [1.165, 1.54) is 0 Å². The van der Waals surface area contributed by atoms with Crippen molar-refractivity contribution in [3.05, 3.63) is 48.2 Å². The van der Waals surface area contributed by atoms with Gasteiger partial charge in [0.05, 0.1) is 25.2 Å². The van der Waals surface area contributed by atoms with E-state index < -0.39 is 0 Å². The quantitative estimate of drug-likeness (QED) is 0.383. The minimum absolute atomic E-state index is 0.0115. The molecule has 2 aliphatic rings. The SMILES string of the molecule is O=C(Cc1cn(-c2ccc(NCCCN3CCCC3=O)nn2)c2ccccc12)NCCN1CCOCC1. The van der Waals surface area contributed by atoms with Gasteiger partial charge in [-0.05, 0) is 36.6 Å². The molecule has 0 saturated carbocycles. The molecule has 0 atom stereocenters. The van der Waals surface area contributed by atoms with Gasteiger partial charge in [0.1, 0.15) is 5.82 Å². The fourth-order valence-corrected chi connectivity index (χ4v) is 4.97. The van der Waals surface area contributed by atoms with Crippen LogP contribution in [0.2, 0.25) is 0 Å². The first kappa shape index (κ1) is 25.2. The average Bonchev–Trinajstić information content (AvgIpc) is 3.51. The third-order valence-corrected chi connectivity index (χ3v) is 6.98. The number of benzene rings is 1. The molecule has 37 heavy (non-hydrogen) atoms. The van der Waals surface area contributed by atoms with E-state index in [2.05, 4.69) is 25.7 Å². The average molecular weight is 506 g/mol. The monoisotopic (exact) mass is 505 g/mol. The van der Waals surface area contributed by atoms with Gasteiger partial charge in [0.15, 0.2) is 5.82 Å². The Balaban J connectivity index is 1.17. The molecule has 10 nitrogen and oxygen atoms in total. The van der Waals surface area contributed by atoms with E-state index in [0.717, 1.165) is 81.8 Å². The second-order valence-corrected chi connectivity index (χ2v) is 9.56. The van der Waals surface area contributed by atoms with E-state index in [9.17, 15) is 9.59 Å². The van der Waals surface area contributed by atoms with Crippen LogP contribution < -0.4 is 10.6 Å². The number of aromatic nitrogens is 3. The zero-order valence-electron chi connectivity index (χ0n) is 21.2. The van der Waals surface area contributed by atoms with E-state index in [4.69, 9.17) is 4.74 Å². The first-order valence-electron chi connectivity index (χ1n) is 13.2. The molecule has 2 amide bonds. The van der Waals surface area contributed by atoms with Gasteiger partial charge in [-0.15, -0.1) is 10.2 Å². The molecule has 5 rings (SSSR count). The van der Waals surface area contributed by atoms with Gasteiger partial charge in [-0.2, -0.15) is 0 Å². The number of fused-ring (bicyclic) bond motifs is 1. The Morgan fingerprint density at radius 3 is 2.65 bits per heavy atom. The van der Waals surface area contributed by atoms with E-state index in [1.54, 1.807) is 0 Å². The van der Waals surface area contributed by atoms with Crippen molar-refractivity contribution in [1.82, 2.24) is 29.9 Å². The summed E-state index contributed by atoms with van der Waals surface area (Å²) < 4.78 is 7.37. The molecule has 1 aromatic carbocycles. The summed E-state index contributed by atoms with van der Waals surface area (Å²) in [5.41, 5.74) is 1.95. The number of nitrogens with one attached hydrogen (secondary N) is 2. The van der Waals surface area contributed by atoms with E-state index in [1.807, 2.05) is 52.1 Å². The van der Waals surface area contributed by atoms with Gasteiger partial charge >= 0.3 is 0 Å². The third kappa shape index (κ3) is 6.44. The normalized spacial score (nSPS) is 16.4. The van der Waals surface area contributed by atoms with E-state index in [-0.39, 0.29) is 11.8 Å². The highest BCUT2D eigenvalue weighted by Crippen LogP contribution is 2.24. The molecular formula is C27H35N7O3. The number of carbonyl (C=O) groups excluding carboxylic acids is 2. The number of amides is 2. The van der Waals surface area contributed by atoms with Crippen LogP contribution in [0.1, 0.15) is 24.8 Å². The van der Waals surface area contributed by atoms with Crippen molar-refractivity contribution >= 4 is 28.5 Å². The van der Waals surface area contributed by atoms with Crippen LogP contribution in [0.5, 0.6) is 0 Å². The number of ether oxygens (including phenoxy) is 1. The molecule has 2 aliphatic heterocycles. The third-order valence-electron chi connectivity index (χ3n) is 6.98. The molecule has 10 heteroatoms. The fraction of sp³-hybridized carbons (Fsp3) is 0.481. The molecule has 196 valence electrons. The number of anilines is 1. The first-order valence-corrected chi connectivity index (χ1v) is 13.2. The van der Waals surface area contributed by atoms with Gasteiger partial charge in [0.2, 0.25) is 11.8 Å². The Kier molecular flexibility index (Phi) is 8.27. The molecule has 4 heterocycles. The maximum atomic E-state index is 12.7. The predicted octanol–water partition coefficient (Wildman–Crippen LogP) is 1.84. The second-order valence-electron chi connectivity index (χ2n) is 9.56. The molecule has 2 saturated heterocycles. The van der Waals surface area contributed by atoms with Crippen LogP contribution in [-0.4, -0.2) is 95.4 Å². The van der Waals surface area contributed by atoms with Gasteiger partial charge in [-0.1, -0.05) is 18.2 Å². The maximum absolute atomic E-state index is 12.7. The number of nitrogens with zero attached hydrogens (tertiary/aromatic N) is 5. The van der Waals surface area contributed by atoms with Gasteiger partial charge in [0.25, 0.3) is 0 Å². The molecule has 2 N–H and O–H groups in total. The predicted molar refractivity (Wildman–Crippen MR) is 142 cm³/mol. The summed E-state index contributed by atoms with van der Waals surface area (Å²) in [4.78, 5) is 28.7. The van der Waals surface area contributed by atoms with Crippen LogP contribution >= 0.6 is 0 Å². The van der Waals surface area contributed by atoms with Crippen molar-refractivity contribution in [2.45, 2.75) is 25.7 Å². The summed E-state index contributed by atoms with van der Waals surface area (Å²) in [6.45, 7) is 7.19. The van der Waals surface area contributed by atoms with Gasteiger partial charge in [-0.3, -0.25) is 19.1 Å². The highest BCUT2D eigenvalue weighted by Gasteiger charge is 2.19. The fourth-order valence-electron chi connectivity index (χ4n) is 4.97. The van der Waals surface area contributed by atoms with Gasteiger partial charge in [0, 0.05) is 63.8 Å². The van der Waals surface area contributed by atoms with Crippen molar-refractivity contribution in [2.75, 3.05) is 64.3 Å². The lowest BCUT2D eigenvalue weighted by Gasteiger charge is -2.26. The number of carbonyl (C=O) groups is 2. The van der Waals surface area contributed by atoms with Crippen molar-refractivity contribution in [3.63, 3.8) is 0 Å². The number of hydrogen-bond acceptors (Lipinski definition) is 7. The number of hydrogen-bond donors (Lipinski definition) is 2. The summed E-state index contributed by atoms with van der Waals surface area (Å²) >= 11 is 0. The molecule has 2 fully saturated rings. The lowest BCUT2D eigenvalue weighted by atomic mass is 10.1. The van der Waals surface area contributed by atoms with Crippen molar-refractivity contribution < 1.29 is 14.3 Å². The van der Waals surface area contributed by atoms with Crippen LogP contribution in [0.25, 0.3) is 16.7 Å². The highest BCUT2D eigenvalue weighted by molar-refractivity contribution is 5.90. The van der Waals surface area contributed by atoms with Gasteiger partial charge in [-0.25, -0.2) is 0 Å². The highest BCUT2D eigenvalue weighted by atomic mass is 16.5. The Labute approximate surface area is 217 Å². The maximum Gasteiger partial charge on any atom is 0.224 e. The first-order chi connectivity index (χ1) is 18.2.